The molecule has 1 nitrogen and oxygen atoms in total. The van der Waals surface area contributed by atoms with Gasteiger partial charge in [-0.3, -0.25) is 0 Å². The van der Waals surface area contributed by atoms with Crippen molar-refractivity contribution in [3.05, 3.63) is 0 Å². The van der Waals surface area contributed by atoms with Crippen molar-refractivity contribution in [1.82, 2.24) is 0 Å². The van der Waals surface area contributed by atoms with Crippen molar-refractivity contribution in [2.45, 2.75) is 38.2 Å². The maximum Gasteiger partial charge on any atom is 0.0750 e. The Kier molecular flexibility index (Phi) is 2.19. The SMILES string of the molecule is C1CCC2OSCCC2C1. The fraction of sp³-hybridized carbons (Fsp3) is 1.00. The van der Waals surface area contributed by atoms with Crippen LogP contribution in [0, 0.1) is 5.92 Å². The zero-order chi connectivity index (χ0) is 6.81. The summed E-state index contributed by atoms with van der Waals surface area (Å²) in [6, 6.07) is 0. The number of hydrogen-bond donors (Lipinski definition) is 0. The second-order valence-corrected chi connectivity index (χ2v) is 4.13. The molecule has 0 spiro atoms. The lowest BCUT2D eigenvalue weighted by Crippen LogP contribution is -2.29. The molecule has 1 saturated heterocycles. The summed E-state index contributed by atoms with van der Waals surface area (Å²) in [6.07, 6.45) is 7.59. The molecule has 0 aromatic heterocycles. The van der Waals surface area contributed by atoms with E-state index in [9.17, 15) is 0 Å². The minimum atomic E-state index is 0.618. The zero-order valence-corrected chi connectivity index (χ0v) is 7.03. The van der Waals surface area contributed by atoms with Gasteiger partial charge in [0.2, 0.25) is 0 Å². The number of hydrogen-bond acceptors (Lipinski definition) is 2. The Hall–Kier alpha value is 0.310. The van der Waals surface area contributed by atoms with E-state index in [-0.39, 0.29) is 0 Å². The first-order valence-electron chi connectivity index (χ1n) is 4.25. The molecular formula is C8H14OS. The molecule has 2 aliphatic rings. The van der Waals surface area contributed by atoms with Crippen molar-refractivity contribution in [3.63, 3.8) is 0 Å². The first-order valence-corrected chi connectivity index (χ1v) is 5.16. The van der Waals surface area contributed by atoms with Gasteiger partial charge in [-0.2, -0.15) is 0 Å². The minimum Gasteiger partial charge on any atom is -0.312 e. The van der Waals surface area contributed by atoms with Gasteiger partial charge in [0, 0.05) is 5.75 Å². The van der Waals surface area contributed by atoms with Crippen LogP contribution in [0.25, 0.3) is 0 Å². The molecule has 0 N–H and O–H groups in total. The average Bonchev–Trinajstić information content (AvgIpc) is 2.05. The third-order valence-corrected chi connectivity index (χ3v) is 3.39. The van der Waals surface area contributed by atoms with Crippen LogP contribution in [0.5, 0.6) is 0 Å². The minimum absolute atomic E-state index is 0.618. The topological polar surface area (TPSA) is 9.23 Å². The molecule has 0 bridgehead atoms. The van der Waals surface area contributed by atoms with E-state index >= 15 is 0 Å². The summed E-state index contributed by atoms with van der Waals surface area (Å²) >= 11 is 1.68. The van der Waals surface area contributed by atoms with Gasteiger partial charge < -0.3 is 4.18 Å². The van der Waals surface area contributed by atoms with Gasteiger partial charge in [-0.25, -0.2) is 0 Å². The molecule has 1 heterocycles. The van der Waals surface area contributed by atoms with Crippen LogP contribution in [0.4, 0.5) is 0 Å². The predicted octanol–water partition coefficient (Wildman–Crippen LogP) is 2.61. The van der Waals surface area contributed by atoms with E-state index in [4.69, 9.17) is 4.18 Å². The first kappa shape index (κ1) is 6.99. The molecule has 0 aromatic rings. The fourth-order valence-electron chi connectivity index (χ4n) is 1.97. The smallest absolute Gasteiger partial charge is 0.0750 e. The third-order valence-electron chi connectivity index (χ3n) is 2.60. The van der Waals surface area contributed by atoms with E-state index in [1.807, 2.05) is 0 Å². The summed E-state index contributed by atoms with van der Waals surface area (Å²) in [5.41, 5.74) is 0. The Morgan fingerprint density at radius 1 is 1.10 bits per heavy atom. The molecule has 1 saturated carbocycles. The van der Waals surface area contributed by atoms with Crippen molar-refractivity contribution in [2.24, 2.45) is 5.92 Å². The zero-order valence-electron chi connectivity index (χ0n) is 6.21. The maximum atomic E-state index is 5.60. The molecule has 2 atom stereocenters. The third kappa shape index (κ3) is 1.32. The van der Waals surface area contributed by atoms with Crippen LogP contribution >= 0.6 is 12.0 Å². The Labute approximate surface area is 66.7 Å². The van der Waals surface area contributed by atoms with E-state index in [1.165, 1.54) is 37.9 Å². The summed E-state index contributed by atoms with van der Waals surface area (Å²) in [5, 5.41) is 0. The molecular weight excluding hydrogens is 144 g/mol. The molecule has 10 heavy (non-hydrogen) atoms. The second kappa shape index (κ2) is 3.14. The van der Waals surface area contributed by atoms with Crippen molar-refractivity contribution in [1.29, 1.82) is 0 Å². The highest BCUT2D eigenvalue weighted by molar-refractivity contribution is 7.94. The van der Waals surface area contributed by atoms with Crippen LogP contribution in [0.3, 0.4) is 0 Å². The van der Waals surface area contributed by atoms with E-state index in [0.29, 0.717) is 6.10 Å². The normalized spacial score (nSPS) is 40.8. The van der Waals surface area contributed by atoms with Gasteiger partial charge in [0.25, 0.3) is 0 Å². The molecule has 0 amide bonds. The predicted molar refractivity (Wildman–Crippen MR) is 43.9 cm³/mol. The van der Waals surface area contributed by atoms with Crippen LogP contribution in [-0.2, 0) is 4.18 Å². The lowest BCUT2D eigenvalue weighted by Gasteiger charge is -2.34. The first-order chi connectivity index (χ1) is 4.97. The Morgan fingerprint density at radius 3 is 2.90 bits per heavy atom. The Balaban J connectivity index is 1.93. The van der Waals surface area contributed by atoms with Crippen LogP contribution in [0.2, 0.25) is 0 Å². The largest absolute Gasteiger partial charge is 0.312 e. The quantitative estimate of drug-likeness (QED) is 0.501. The van der Waals surface area contributed by atoms with E-state index in [0.717, 1.165) is 5.92 Å². The fourth-order valence-corrected chi connectivity index (χ4v) is 2.89. The molecule has 0 radical (unpaired) electrons. The standard InChI is InChI=1S/C8H14OS/c1-2-4-8-7(3-1)5-6-10-9-8/h7-8H,1-6H2. The number of fused-ring (bicyclic) bond motifs is 1. The average molecular weight is 158 g/mol. The van der Waals surface area contributed by atoms with Gasteiger partial charge >= 0.3 is 0 Å². The molecule has 2 rings (SSSR count). The van der Waals surface area contributed by atoms with Gasteiger partial charge in [-0.1, -0.05) is 12.8 Å². The van der Waals surface area contributed by atoms with Gasteiger partial charge in [0.15, 0.2) is 0 Å². The Morgan fingerprint density at radius 2 is 2.00 bits per heavy atom. The highest BCUT2D eigenvalue weighted by atomic mass is 32.2. The highest BCUT2D eigenvalue weighted by Gasteiger charge is 2.28. The molecule has 1 aliphatic heterocycles. The van der Waals surface area contributed by atoms with Crippen LogP contribution in [0.15, 0.2) is 0 Å². The van der Waals surface area contributed by atoms with Gasteiger partial charge in [-0.15, -0.1) is 0 Å². The van der Waals surface area contributed by atoms with Gasteiger partial charge in [-0.05, 0) is 37.2 Å². The summed E-state index contributed by atoms with van der Waals surface area (Å²) in [6.45, 7) is 0. The van der Waals surface area contributed by atoms with Crippen molar-refractivity contribution in [3.8, 4) is 0 Å². The molecule has 1 aliphatic carbocycles. The molecule has 2 unspecified atom stereocenters. The van der Waals surface area contributed by atoms with Crippen LogP contribution in [0.1, 0.15) is 32.1 Å². The second-order valence-electron chi connectivity index (χ2n) is 3.29. The monoisotopic (exact) mass is 158 g/mol. The van der Waals surface area contributed by atoms with E-state index in [1.54, 1.807) is 12.0 Å². The summed E-state index contributed by atoms with van der Waals surface area (Å²) < 4.78 is 5.60. The van der Waals surface area contributed by atoms with Crippen LogP contribution in [-0.4, -0.2) is 11.9 Å². The molecule has 2 fully saturated rings. The lowest BCUT2D eigenvalue weighted by atomic mass is 9.85. The molecule has 2 heteroatoms. The highest BCUT2D eigenvalue weighted by Crippen LogP contribution is 2.36. The molecule has 58 valence electrons. The molecule has 0 aromatic carbocycles. The van der Waals surface area contributed by atoms with Crippen LogP contribution < -0.4 is 0 Å². The maximum absolute atomic E-state index is 5.60. The van der Waals surface area contributed by atoms with Gasteiger partial charge in [0.05, 0.1) is 6.10 Å². The summed E-state index contributed by atoms with van der Waals surface area (Å²) in [4.78, 5) is 0. The van der Waals surface area contributed by atoms with Crippen molar-refractivity contribution < 1.29 is 4.18 Å². The number of rotatable bonds is 0. The van der Waals surface area contributed by atoms with Gasteiger partial charge in [0.1, 0.15) is 0 Å². The van der Waals surface area contributed by atoms with E-state index < -0.39 is 0 Å². The lowest BCUT2D eigenvalue weighted by molar-refractivity contribution is 0.101. The van der Waals surface area contributed by atoms with Crippen molar-refractivity contribution >= 4 is 12.0 Å². The van der Waals surface area contributed by atoms with Crippen molar-refractivity contribution in [2.75, 3.05) is 5.75 Å². The summed E-state index contributed by atoms with van der Waals surface area (Å²) in [7, 11) is 0. The summed E-state index contributed by atoms with van der Waals surface area (Å²) in [5.74, 6) is 2.14. The Bertz CT molecular complexity index is 89.8. The van der Waals surface area contributed by atoms with E-state index in [2.05, 4.69) is 0 Å².